The van der Waals surface area contributed by atoms with Gasteiger partial charge in [-0.2, -0.15) is 0 Å². The maximum absolute atomic E-state index is 7.02. The van der Waals surface area contributed by atoms with Crippen molar-refractivity contribution in [3.63, 3.8) is 0 Å². The molecule has 0 aliphatic heterocycles. The van der Waals surface area contributed by atoms with Crippen molar-refractivity contribution in [1.82, 2.24) is 0 Å². The van der Waals surface area contributed by atoms with Crippen LogP contribution in [0.3, 0.4) is 0 Å². The van der Waals surface area contributed by atoms with Crippen molar-refractivity contribution in [2.45, 2.75) is 0 Å². The molecule has 0 aromatic heterocycles. The van der Waals surface area contributed by atoms with Crippen molar-refractivity contribution in [2.75, 3.05) is 0 Å². The molecule has 0 spiro atoms. The van der Waals surface area contributed by atoms with E-state index in [2.05, 4.69) is 48.5 Å². The number of rotatable bonds is 6. The summed E-state index contributed by atoms with van der Waals surface area (Å²) in [5.41, 5.74) is 0. The van der Waals surface area contributed by atoms with Gasteiger partial charge in [-0.05, 0) is 0 Å². The normalized spacial score (nSPS) is 11.9. The van der Waals surface area contributed by atoms with E-state index in [-0.39, 0.29) is 0 Å². The molecule has 0 N–H and O–H groups in total. The van der Waals surface area contributed by atoms with Crippen molar-refractivity contribution < 1.29 is 4.31 Å². The van der Waals surface area contributed by atoms with Crippen LogP contribution >= 0.6 is 12.5 Å². The first kappa shape index (κ1) is 20.4. The standard InChI is InChI=1S/C24H20OP2S2/c28-26(21-13-5-1-6-14-21,22-15-7-2-8-16-22)25-27(29,23-17-9-3-10-18-23)24-19-11-4-12-20-24/h1-20H. The Labute approximate surface area is 182 Å². The third-order valence-electron chi connectivity index (χ3n) is 4.61. The van der Waals surface area contributed by atoms with Gasteiger partial charge in [0.2, 0.25) is 0 Å². The molecule has 0 aliphatic carbocycles. The summed E-state index contributed by atoms with van der Waals surface area (Å²) in [4.78, 5) is 0. The minimum absolute atomic E-state index is 1.02. The quantitative estimate of drug-likeness (QED) is 0.379. The van der Waals surface area contributed by atoms with Gasteiger partial charge in [0.15, 0.2) is 0 Å². The molecule has 1 nitrogen and oxygen atoms in total. The van der Waals surface area contributed by atoms with Crippen LogP contribution in [0.5, 0.6) is 0 Å². The van der Waals surface area contributed by atoms with E-state index in [4.69, 9.17) is 27.9 Å². The van der Waals surface area contributed by atoms with E-state index in [9.17, 15) is 0 Å². The van der Waals surface area contributed by atoms with Crippen LogP contribution in [0.4, 0.5) is 0 Å². The van der Waals surface area contributed by atoms with Crippen LogP contribution in [0, 0.1) is 0 Å². The second kappa shape index (κ2) is 8.88. The maximum Gasteiger partial charge on any atom is 0.129 e. The Hall–Kier alpha value is -1.86. The predicted molar refractivity (Wildman–Crippen MR) is 134 cm³/mol. The summed E-state index contributed by atoms with van der Waals surface area (Å²) in [7, 11) is 0. The molecule has 0 aliphatic rings. The highest BCUT2D eigenvalue weighted by atomic mass is 32.5. The van der Waals surface area contributed by atoms with Crippen molar-refractivity contribution in [2.24, 2.45) is 0 Å². The van der Waals surface area contributed by atoms with Gasteiger partial charge in [0.25, 0.3) is 0 Å². The van der Waals surface area contributed by atoms with Crippen molar-refractivity contribution in [3.05, 3.63) is 121 Å². The molecule has 0 saturated carbocycles. The zero-order valence-electron chi connectivity index (χ0n) is 15.7. The molecule has 0 saturated heterocycles. The molecule has 0 amide bonds. The average Bonchev–Trinajstić information content (AvgIpc) is 2.81. The van der Waals surface area contributed by atoms with Gasteiger partial charge in [-0.15, -0.1) is 0 Å². The van der Waals surface area contributed by atoms with Crippen LogP contribution in [0.25, 0.3) is 0 Å². The molecular weight excluding hydrogens is 430 g/mol. The molecule has 4 rings (SSSR count). The first-order valence-corrected chi connectivity index (χ1v) is 14.7. The molecule has 0 bridgehead atoms. The Kier molecular flexibility index (Phi) is 6.25. The minimum Gasteiger partial charge on any atom is -0.303 e. The third-order valence-corrected chi connectivity index (χ3v) is 14.1. The van der Waals surface area contributed by atoms with E-state index in [0.717, 1.165) is 21.2 Å². The zero-order valence-corrected chi connectivity index (χ0v) is 19.1. The first-order valence-electron chi connectivity index (χ1n) is 9.27. The molecule has 0 atom stereocenters. The largest absolute Gasteiger partial charge is 0.303 e. The molecular formula is C24H20OP2S2. The predicted octanol–water partition coefficient (Wildman–Crippen LogP) is 5.09. The van der Waals surface area contributed by atoms with E-state index < -0.39 is 12.5 Å². The Morgan fingerprint density at radius 1 is 0.379 bits per heavy atom. The van der Waals surface area contributed by atoms with Crippen LogP contribution in [0.15, 0.2) is 121 Å². The molecule has 0 heterocycles. The van der Waals surface area contributed by atoms with Gasteiger partial charge in [-0.1, -0.05) is 145 Å². The van der Waals surface area contributed by atoms with E-state index in [0.29, 0.717) is 0 Å². The lowest BCUT2D eigenvalue weighted by Gasteiger charge is -2.32. The van der Waals surface area contributed by atoms with Gasteiger partial charge < -0.3 is 4.31 Å². The average molecular weight is 451 g/mol. The molecule has 0 radical (unpaired) electrons. The van der Waals surface area contributed by atoms with Crippen molar-refractivity contribution in [1.29, 1.82) is 0 Å². The first-order chi connectivity index (χ1) is 14.1. The monoisotopic (exact) mass is 450 g/mol. The van der Waals surface area contributed by atoms with Crippen LogP contribution in [0.2, 0.25) is 0 Å². The van der Waals surface area contributed by atoms with Gasteiger partial charge >= 0.3 is 0 Å². The summed E-state index contributed by atoms with van der Waals surface area (Å²) in [6.45, 7) is 0. The molecule has 0 fully saturated rings. The van der Waals surface area contributed by atoms with Crippen LogP contribution in [-0.2, 0) is 27.9 Å². The van der Waals surface area contributed by atoms with E-state index in [1.54, 1.807) is 0 Å². The Morgan fingerprint density at radius 2 is 0.586 bits per heavy atom. The fraction of sp³-hybridized carbons (Fsp3) is 0. The van der Waals surface area contributed by atoms with E-state index >= 15 is 0 Å². The van der Waals surface area contributed by atoms with Crippen molar-refractivity contribution in [3.8, 4) is 0 Å². The van der Waals surface area contributed by atoms with E-state index in [1.165, 1.54) is 0 Å². The maximum atomic E-state index is 7.02. The molecule has 29 heavy (non-hydrogen) atoms. The highest BCUT2D eigenvalue weighted by Crippen LogP contribution is 2.61. The second-order valence-corrected chi connectivity index (χ2v) is 14.5. The summed E-state index contributed by atoms with van der Waals surface area (Å²) in [6, 6.07) is 40.6. The van der Waals surface area contributed by atoms with Crippen LogP contribution in [-0.4, -0.2) is 0 Å². The highest BCUT2D eigenvalue weighted by molar-refractivity contribution is 8.27. The zero-order chi connectivity index (χ0) is 20.2. The van der Waals surface area contributed by atoms with Gasteiger partial charge in [0.05, 0.1) is 0 Å². The Balaban J connectivity index is 1.93. The lowest BCUT2D eigenvalue weighted by molar-refractivity contribution is 0.715. The van der Waals surface area contributed by atoms with Gasteiger partial charge in [-0.3, -0.25) is 0 Å². The summed E-state index contributed by atoms with van der Waals surface area (Å²) in [6.07, 6.45) is -5.20. The molecule has 4 aromatic carbocycles. The van der Waals surface area contributed by atoms with Gasteiger partial charge in [0, 0.05) is 21.2 Å². The Bertz CT molecular complexity index is 983. The van der Waals surface area contributed by atoms with E-state index in [1.807, 2.05) is 72.8 Å². The lowest BCUT2D eigenvalue weighted by atomic mass is 10.4. The summed E-state index contributed by atoms with van der Waals surface area (Å²) in [5.74, 6) is 0. The number of hydrogen-bond acceptors (Lipinski definition) is 3. The third kappa shape index (κ3) is 4.21. The van der Waals surface area contributed by atoms with Gasteiger partial charge in [0.1, 0.15) is 12.5 Å². The molecule has 5 heteroatoms. The lowest BCUT2D eigenvalue weighted by Crippen LogP contribution is -2.23. The SMILES string of the molecule is S=P(OP(=S)(c1ccccc1)c1ccccc1)(c1ccccc1)c1ccccc1. The topological polar surface area (TPSA) is 9.23 Å². The second-order valence-electron chi connectivity index (χ2n) is 6.53. The highest BCUT2D eigenvalue weighted by Gasteiger charge is 2.33. The molecule has 4 aromatic rings. The summed E-state index contributed by atoms with van der Waals surface area (Å²) >= 11 is 12.7. The van der Waals surface area contributed by atoms with Crippen LogP contribution < -0.4 is 21.2 Å². The van der Waals surface area contributed by atoms with Gasteiger partial charge in [-0.25, -0.2) is 0 Å². The minimum atomic E-state index is -2.60. The number of hydrogen-bond donors (Lipinski definition) is 0. The summed E-state index contributed by atoms with van der Waals surface area (Å²) < 4.78 is 7.02. The molecule has 144 valence electrons. The smallest absolute Gasteiger partial charge is 0.129 e. The fourth-order valence-electron chi connectivity index (χ4n) is 3.15. The fourth-order valence-corrected chi connectivity index (χ4v) is 12.4. The van der Waals surface area contributed by atoms with Crippen LogP contribution in [0.1, 0.15) is 0 Å². The number of benzene rings is 4. The van der Waals surface area contributed by atoms with Crippen molar-refractivity contribution >= 4 is 57.4 Å². The molecule has 0 unspecified atom stereocenters. The Morgan fingerprint density at radius 3 is 0.793 bits per heavy atom. The summed E-state index contributed by atoms with van der Waals surface area (Å²) in [5, 5.41) is 4.06.